The number of halogens is 1. The molecule has 0 amide bonds. The summed E-state index contributed by atoms with van der Waals surface area (Å²) >= 11 is 0. The average Bonchev–Trinajstić information content (AvgIpc) is 3.59. The van der Waals surface area contributed by atoms with Gasteiger partial charge in [-0.2, -0.15) is 0 Å². The largest absolute Gasteiger partial charge is 0.381 e. The highest BCUT2D eigenvalue weighted by molar-refractivity contribution is 14.0. The molecule has 2 fully saturated rings. The second kappa shape index (κ2) is 14.9. The molecule has 0 atom stereocenters. The molecule has 31 heavy (non-hydrogen) atoms. The summed E-state index contributed by atoms with van der Waals surface area (Å²) in [5.41, 5.74) is 2.71. The molecule has 1 heterocycles. The highest BCUT2D eigenvalue weighted by atomic mass is 127. The van der Waals surface area contributed by atoms with Crippen molar-refractivity contribution in [3.63, 3.8) is 0 Å². The van der Waals surface area contributed by atoms with E-state index < -0.39 is 0 Å². The lowest BCUT2D eigenvalue weighted by molar-refractivity contribution is 0.123. The molecule has 176 valence electrons. The molecule has 0 unspecified atom stereocenters. The molecule has 1 saturated carbocycles. The van der Waals surface area contributed by atoms with E-state index in [4.69, 9.17) is 4.74 Å². The van der Waals surface area contributed by atoms with Gasteiger partial charge >= 0.3 is 0 Å². The van der Waals surface area contributed by atoms with Crippen LogP contribution < -0.4 is 15.5 Å². The van der Waals surface area contributed by atoms with E-state index in [0.29, 0.717) is 0 Å². The van der Waals surface area contributed by atoms with Crippen molar-refractivity contribution in [2.75, 3.05) is 71.0 Å². The number of ether oxygens (including phenoxy) is 1. The van der Waals surface area contributed by atoms with Crippen LogP contribution in [0.3, 0.4) is 0 Å². The molecule has 7 heteroatoms. The number of unbranched alkanes of at least 4 members (excludes halogenated alkanes) is 1. The zero-order chi connectivity index (χ0) is 21.0. The van der Waals surface area contributed by atoms with Gasteiger partial charge in [0.25, 0.3) is 0 Å². The highest BCUT2D eigenvalue weighted by Crippen LogP contribution is 2.28. The third-order valence-corrected chi connectivity index (χ3v) is 5.96. The van der Waals surface area contributed by atoms with Crippen molar-refractivity contribution in [3.05, 3.63) is 29.8 Å². The number of benzene rings is 1. The van der Waals surface area contributed by atoms with Crippen LogP contribution in [0.25, 0.3) is 0 Å². The molecular formula is C24H42IN5O. The lowest BCUT2D eigenvalue weighted by atomic mass is 10.2. The van der Waals surface area contributed by atoms with E-state index in [1.165, 1.54) is 43.5 Å². The van der Waals surface area contributed by atoms with Gasteiger partial charge in [0.1, 0.15) is 0 Å². The summed E-state index contributed by atoms with van der Waals surface area (Å²) in [5, 5.41) is 6.81. The fourth-order valence-corrected chi connectivity index (χ4v) is 3.86. The summed E-state index contributed by atoms with van der Waals surface area (Å²) in [6.45, 7) is 11.6. The standard InChI is InChI=1S/C24H41N5O.HI/c1-21-7-5-8-23(19-21)29-16-14-28(15-17-29)13-4-3-11-26-24(25-2)27-12-6-18-30-20-22-9-10-22;/h5,7-8,19,22H,3-4,6,9-18,20H2,1-2H3,(H2,25,26,27);1H. The molecule has 0 spiro atoms. The number of hydrogen-bond acceptors (Lipinski definition) is 4. The van der Waals surface area contributed by atoms with Crippen molar-refractivity contribution < 1.29 is 4.74 Å². The maximum atomic E-state index is 5.67. The monoisotopic (exact) mass is 543 g/mol. The number of hydrogen-bond donors (Lipinski definition) is 2. The number of guanidine groups is 1. The zero-order valence-electron chi connectivity index (χ0n) is 19.4. The fourth-order valence-electron chi connectivity index (χ4n) is 3.86. The van der Waals surface area contributed by atoms with E-state index in [0.717, 1.165) is 70.8 Å². The minimum atomic E-state index is 0. The Hall–Kier alpha value is -1.06. The Kier molecular flexibility index (Phi) is 12.6. The van der Waals surface area contributed by atoms with Gasteiger partial charge in [0, 0.05) is 65.2 Å². The average molecular weight is 544 g/mol. The molecule has 0 aromatic heterocycles. The summed E-state index contributed by atoms with van der Waals surface area (Å²) < 4.78 is 5.67. The molecular weight excluding hydrogens is 501 g/mol. The quantitative estimate of drug-likeness (QED) is 0.183. The van der Waals surface area contributed by atoms with Gasteiger partial charge in [-0.15, -0.1) is 24.0 Å². The Labute approximate surface area is 206 Å². The van der Waals surface area contributed by atoms with Crippen LogP contribution in [0.1, 0.15) is 37.7 Å². The molecule has 1 aliphatic carbocycles. The number of rotatable bonds is 12. The molecule has 1 aliphatic heterocycles. The van der Waals surface area contributed by atoms with Gasteiger partial charge in [-0.3, -0.25) is 9.89 Å². The smallest absolute Gasteiger partial charge is 0.190 e. The fraction of sp³-hybridized carbons (Fsp3) is 0.708. The molecule has 6 nitrogen and oxygen atoms in total. The second-order valence-electron chi connectivity index (χ2n) is 8.67. The molecule has 3 rings (SSSR count). The molecule has 2 aliphatic rings. The molecule has 0 bridgehead atoms. The van der Waals surface area contributed by atoms with Gasteiger partial charge < -0.3 is 20.3 Å². The van der Waals surface area contributed by atoms with E-state index in [9.17, 15) is 0 Å². The Morgan fingerprint density at radius 3 is 2.48 bits per heavy atom. The lowest BCUT2D eigenvalue weighted by Crippen LogP contribution is -2.46. The highest BCUT2D eigenvalue weighted by Gasteiger charge is 2.20. The van der Waals surface area contributed by atoms with Crippen molar-refractivity contribution in [3.8, 4) is 0 Å². The maximum Gasteiger partial charge on any atom is 0.190 e. The van der Waals surface area contributed by atoms with E-state index in [2.05, 4.69) is 56.6 Å². The SMILES string of the molecule is CN=C(NCCCCN1CCN(c2cccc(C)c2)CC1)NCCCOCC1CC1.I. The van der Waals surface area contributed by atoms with Crippen molar-refractivity contribution in [1.82, 2.24) is 15.5 Å². The van der Waals surface area contributed by atoms with E-state index in [1.54, 1.807) is 0 Å². The first-order chi connectivity index (χ1) is 14.7. The first-order valence-corrected chi connectivity index (χ1v) is 11.8. The van der Waals surface area contributed by atoms with Crippen molar-refractivity contribution in [2.24, 2.45) is 10.9 Å². The predicted octanol–water partition coefficient (Wildman–Crippen LogP) is 3.50. The van der Waals surface area contributed by atoms with Crippen LogP contribution in [-0.4, -0.2) is 76.9 Å². The minimum Gasteiger partial charge on any atom is -0.381 e. The van der Waals surface area contributed by atoms with Gasteiger partial charge in [-0.05, 0) is 69.2 Å². The Morgan fingerprint density at radius 2 is 1.81 bits per heavy atom. The molecule has 1 saturated heterocycles. The summed E-state index contributed by atoms with van der Waals surface area (Å²) in [7, 11) is 1.84. The number of piperazine rings is 1. The number of aliphatic imine (C=N–C) groups is 1. The molecule has 2 N–H and O–H groups in total. The van der Waals surface area contributed by atoms with Gasteiger partial charge in [0.15, 0.2) is 5.96 Å². The Bertz CT molecular complexity index is 645. The third kappa shape index (κ3) is 10.4. The summed E-state index contributed by atoms with van der Waals surface area (Å²) in [4.78, 5) is 9.42. The van der Waals surface area contributed by atoms with Crippen LogP contribution in [0.2, 0.25) is 0 Å². The predicted molar refractivity (Wildman–Crippen MR) is 142 cm³/mol. The van der Waals surface area contributed by atoms with E-state index in [-0.39, 0.29) is 24.0 Å². The topological polar surface area (TPSA) is 52.1 Å². The summed E-state index contributed by atoms with van der Waals surface area (Å²) in [6.07, 6.45) is 6.14. The van der Waals surface area contributed by atoms with Crippen LogP contribution >= 0.6 is 24.0 Å². The van der Waals surface area contributed by atoms with E-state index in [1.807, 2.05) is 7.05 Å². The van der Waals surface area contributed by atoms with Gasteiger partial charge in [-0.1, -0.05) is 12.1 Å². The first kappa shape index (κ1) is 26.2. The van der Waals surface area contributed by atoms with E-state index >= 15 is 0 Å². The van der Waals surface area contributed by atoms with Crippen LogP contribution in [0, 0.1) is 12.8 Å². The van der Waals surface area contributed by atoms with Crippen LogP contribution in [-0.2, 0) is 4.74 Å². The Balaban J connectivity index is 0.00000341. The van der Waals surface area contributed by atoms with Crippen molar-refractivity contribution in [1.29, 1.82) is 0 Å². The lowest BCUT2D eigenvalue weighted by Gasteiger charge is -2.36. The maximum absolute atomic E-state index is 5.67. The van der Waals surface area contributed by atoms with Gasteiger partial charge in [-0.25, -0.2) is 0 Å². The van der Waals surface area contributed by atoms with Gasteiger partial charge in [0.2, 0.25) is 0 Å². The Morgan fingerprint density at radius 1 is 1.06 bits per heavy atom. The van der Waals surface area contributed by atoms with Crippen LogP contribution in [0.15, 0.2) is 29.3 Å². The number of nitrogens with one attached hydrogen (secondary N) is 2. The third-order valence-electron chi connectivity index (χ3n) is 5.96. The van der Waals surface area contributed by atoms with Crippen molar-refractivity contribution >= 4 is 35.6 Å². The minimum absolute atomic E-state index is 0. The first-order valence-electron chi connectivity index (χ1n) is 11.8. The molecule has 1 aromatic rings. The van der Waals surface area contributed by atoms with Crippen LogP contribution in [0.4, 0.5) is 5.69 Å². The summed E-state index contributed by atoms with van der Waals surface area (Å²) in [5.74, 6) is 1.76. The summed E-state index contributed by atoms with van der Waals surface area (Å²) in [6, 6.07) is 8.86. The van der Waals surface area contributed by atoms with Gasteiger partial charge in [0.05, 0.1) is 0 Å². The molecule has 1 aromatic carbocycles. The zero-order valence-corrected chi connectivity index (χ0v) is 21.8. The number of aryl methyl sites for hydroxylation is 1. The van der Waals surface area contributed by atoms with Crippen molar-refractivity contribution in [2.45, 2.75) is 39.0 Å². The normalized spacial score (nSPS) is 17.4. The van der Waals surface area contributed by atoms with Crippen LogP contribution in [0.5, 0.6) is 0 Å². The number of nitrogens with zero attached hydrogens (tertiary/aromatic N) is 3. The number of anilines is 1. The molecule has 0 radical (unpaired) electrons. The second-order valence-corrected chi connectivity index (χ2v) is 8.67.